The Morgan fingerprint density at radius 3 is 2.55 bits per heavy atom. The molecule has 1 aliphatic carbocycles. The lowest BCUT2D eigenvalue weighted by Gasteiger charge is -2.07. The minimum absolute atomic E-state index is 0.0341. The van der Waals surface area contributed by atoms with Gasteiger partial charge in [-0.25, -0.2) is 0 Å². The van der Waals surface area contributed by atoms with Gasteiger partial charge in [0.1, 0.15) is 0 Å². The standard InChI is InChI=1S/C10H20O/c1-2-3-4-5-6-10(11)9-7-8-9/h9-11H,2-8H2,1H3. The fraction of sp³-hybridized carbons (Fsp3) is 1.00. The monoisotopic (exact) mass is 156 g/mol. The molecular formula is C10H20O. The Balaban J connectivity index is 1.85. The third-order valence-electron chi connectivity index (χ3n) is 2.52. The van der Waals surface area contributed by atoms with E-state index >= 15 is 0 Å². The first kappa shape index (κ1) is 9.05. The van der Waals surface area contributed by atoms with Crippen LogP contribution in [0.25, 0.3) is 0 Å². The van der Waals surface area contributed by atoms with Gasteiger partial charge in [-0.3, -0.25) is 0 Å². The van der Waals surface area contributed by atoms with Crippen LogP contribution in [0.15, 0.2) is 0 Å². The van der Waals surface area contributed by atoms with E-state index in [4.69, 9.17) is 0 Å². The number of aliphatic hydroxyl groups is 1. The van der Waals surface area contributed by atoms with E-state index in [0.29, 0.717) is 5.92 Å². The summed E-state index contributed by atoms with van der Waals surface area (Å²) in [6.45, 7) is 2.22. The van der Waals surface area contributed by atoms with Crippen molar-refractivity contribution in [1.82, 2.24) is 0 Å². The second kappa shape index (κ2) is 4.76. The van der Waals surface area contributed by atoms with Crippen molar-refractivity contribution < 1.29 is 5.11 Å². The van der Waals surface area contributed by atoms with Crippen molar-refractivity contribution in [2.75, 3.05) is 0 Å². The summed E-state index contributed by atoms with van der Waals surface area (Å²) in [5.74, 6) is 0.677. The zero-order valence-corrected chi connectivity index (χ0v) is 7.55. The molecule has 11 heavy (non-hydrogen) atoms. The average Bonchev–Trinajstić information content (AvgIpc) is 2.79. The molecule has 1 N–H and O–H groups in total. The van der Waals surface area contributed by atoms with E-state index in [0.717, 1.165) is 6.42 Å². The Bertz CT molecular complexity index is 97.0. The number of hydrogen-bond donors (Lipinski definition) is 1. The van der Waals surface area contributed by atoms with Crippen molar-refractivity contribution in [3.8, 4) is 0 Å². The fourth-order valence-electron chi connectivity index (χ4n) is 1.50. The second-order valence-electron chi connectivity index (χ2n) is 3.75. The minimum Gasteiger partial charge on any atom is -0.393 e. The van der Waals surface area contributed by atoms with Gasteiger partial charge in [-0.2, -0.15) is 0 Å². The van der Waals surface area contributed by atoms with Crippen LogP contribution in [0.3, 0.4) is 0 Å². The third kappa shape index (κ3) is 3.76. The molecule has 1 unspecified atom stereocenters. The first-order valence-corrected chi connectivity index (χ1v) is 5.02. The molecule has 0 aliphatic heterocycles. The van der Waals surface area contributed by atoms with Crippen molar-refractivity contribution in [2.45, 2.75) is 58.0 Å². The molecule has 1 aliphatic rings. The van der Waals surface area contributed by atoms with Crippen LogP contribution in [0, 0.1) is 5.92 Å². The van der Waals surface area contributed by atoms with Gasteiger partial charge in [-0.15, -0.1) is 0 Å². The van der Waals surface area contributed by atoms with E-state index in [-0.39, 0.29) is 6.10 Å². The Kier molecular flexibility index (Phi) is 3.92. The summed E-state index contributed by atoms with van der Waals surface area (Å²) < 4.78 is 0. The molecule has 0 aromatic heterocycles. The van der Waals surface area contributed by atoms with E-state index in [1.165, 1.54) is 38.5 Å². The molecule has 0 aromatic rings. The predicted molar refractivity (Wildman–Crippen MR) is 47.5 cm³/mol. The van der Waals surface area contributed by atoms with Crippen molar-refractivity contribution in [2.24, 2.45) is 5.92 Å². The number of rotatable bonds is 6. The SMILES string of the molecule is CCCCCCC(O)C1CC1. The van der Waals surface area contributed by atoms with Gasteiger partial charge in [0.2, 0.25) is 0 Å². The molecule has 0 bridgehead atoms. The molecule has 0 spiro atoms. The lowest BCUT2D eigenvalue weighted by Crippen LogP contribution is -2.08. The Morgan fingerprint density at radius 1 is 1.27 bits per heavy atom. The Hall–Kier alpha value is -0.0400. The molecule has 1 rings (SSSR count). The van der Waals surface area contributed by atoms with Crippen LogP contribution in [0.1, 0.15) is 51.9 Å². The predicted octanol–water partition coefficient (Wildman–Crippen LogP) is 2.73. The lowest BCUT2D eigenvalue weighted by atomic mass is 10.1. The minimum atomic E-state index is 0.0341. The topological polar surface area (TPSA) is 20.2 Å². The van der Waals surface area contributed by atoms with Crippen LogP contribution < -0.4 is 0 Å². The summed E-state index contributed by atoms with van der Waals surface area (Å²) in [5.41, 5.74) is 0. The van der Waals surface area contributed by atoms with Crippen LogP contribution >= 0.6 is 0 Å². The summed E-state index contributed by atoms with van der Waals surface area (Å²) in [4.78, 5) is 0. The van der Waals surface area contributed by atoms with E-state index in [1.54, 1.807) is 0 Å². The maximum atomic E-state index is 9.49. The molecular weight excluding hydrogens is 136 g/mol. The zero-order valence-electron chi connectivity index (χ0n) is 7.55. The summed E-state index contributed by atoms with van der Waals surface area (Å²) in [6, 6.07) is 0. The molecule has 0 heterocycles. The molecule has 0 radical (unpaired) electrons. The van der Waals surface area contributed by atoms with Crippen molar-refractivity contribution in [3.05, 3.63) is 0 Å². The van der Waals surface area contributed by atoms with E-state index in [2.05, 4.69) is 6.92 Å². The first-order chi connectivity index (χ1) is 5.34. The molecule has 1 nitrogen and oxygen atoms in total. The quantitative estimate of drug-likeness (QED) is 0.586. The van der Waals surface area contributed by atoms with Gasteiger partial charge in [0.15, 0.2) is 0 Å². The number of unbranched alkanes of at least 4 members (excludes halogenated alkanes) is 3. The fourth-order valence-corrected chi connectivity index (χ4v) is 1.50. The molecule has 1 heteroatoms. The van der Waals surface area contributed by atoms with Crippen molar-refractivity contribution >= 4 is 0 Å². The van der Waals surface area contributed by atoms with Gasteiger partial charge in [0.05, 0.1) is 6.10 Å². The van der Waals surface area contributed by atoms with Gasteiger partial charge < -0.3 is 5.11 Å². The van der Waals surface area contributed by atoms with Crippen molar-refractivity contribution in [3.63, 3.8) is 0 Å². The summed E-state index contributed by atoms with van der Waals surface area (Å²) in [5, 5.41) is 9.49. The van der Waals surface area contributed by atoms with Crippen LogP contribution in [0.2, 0.25) is 0 Å². The molecule has 0 amide bonds. The Labute approximate surface area is 69.8 Å². The average molecular weight is 156 g/mol. The van der Waals surface area contributed by atoms with Crippen LogP contribution in [-0.4, -0.2) is 11.2 Å². The van der Waals surface area contributed by atoms with Gasteiger partial charge in [-0.05, 0) is 25.2 Å². The normalized spacial score (nSPS) is 20.2. The summed E-state index contributed by atoms with van der Waals surface area (Å²) in [6.07, 6.45) is 8.78. The van der Waals surface area contributed by atoms with Crippen LogP contribution in [-0.2, 0) is 0 Å². The molecule has 1 atom stereocenters. The Morgan fingerprint density at radius 2 is 2.00 bits per heavy atom. The second-order valence-corrected chi connectivity index (χ2v) is 3.75. The number of aliphatic hydroxyl groups excluding tert-OH is 1. The highest BCUT2D eigenvalue weighted by Gasteiger charge is 2.28. The highest BCUT2D eigenvalue weighted by Crippen LogP contribution is 2.34. The summed E-state index contributed by atoms with van der Waals surface area (Å²) >= 11 is 0. The molecule has 0 aromatic carbocycles. The molecule has 66 valence electrons. The maximum absolute atomic E-state index is 9.49. The number of hydrogen-bond acceptors (Lipinski definition) is 1. The molecule has 0 saturated heterocycles. The van der Waals surface area contributed by atoms with E-state index < -0.39 is 0 Å². The van der Waals surface area contributed by atoms with E-state index in [9.17, 15) is 5.11 Å². The highest BCUT2D eigenvalue weighted by atomic mass is 16.3. The van der Waals surface area contributed by atoms with Gasteiger partial charge in [0.25, 0.3) is 0 Å². The zero-order chi connectivity index (χ0) is 8.10. The largest absolute Gasteiger partial charge is 0.393 e. The highest BCUT2D eigenvalue weighted by molar-refractivity contribution is 4.80. The lowest BCUT2D eigenvalue weighted by molar-refractivity contribution is 0.138. The van der Waals surface area contributed by atoms with Gasteiger partial charge >= 0.3 is 0 Å². The first-order valence-electron chi connectivity index (χ1n) is 5.02. The maximum Gasteiger partial charge on any atom is 0.0568 e. The van der Waals surface area contributed by atoms with Crippen LogP contribution in [0.4, 0.5) is 0 Å². The third-order valence-corrected chi connectivity index (χ3v) is 2.52. The van der Waals surface area contributed by atoms with Gasteiger partial charge in [0, 0.05) is 0 Å². The van der Waals surface area contributed by atoms with Gasteiger partial charge in [-0.1, -0.05) is 32.6 Å². The molecule has 1 fully saturated rings. The summed E-state index contributed by atoms with van der Waals surface area (Å²) in [7, 11) is 0. The van der Waals surface area contributed by atoms with E-state index in [1.807, 2.05) is 0 Å². The van der Waals surface area contributed by atoms with Crippen LogP contribution in [0.5, 0.6) is 0 Å². The van der Waals surface area contributed by atoms with Crippen molar-refractivity contribution in [1.29, 1.82) is 0 Å². The smallest absolute Gasteiger partial charge is 0.0568 e. The molecule has 1 saturated carbocycles.